The van der Waals surface area contributed by atoms with Crippen LogP contribution in [0.4, 0.5) is 0 Å². The molecule has 6 fully saturated rings. The second-order valence-electron chi connectivity index (χ2n) is 20.4. The Balaban J connectivity index is 0.00000248. The average Bonchev–Trinajstić information content (AvgIpc) is 3.66. The van der Waals surface area contributed by atoms with Crippen molar-refractivity contribution in [1.82, 2.24) is 0 Å². The molecule has 7 aliphatic rings. The number of allylic oxidation sites excluding steroid dienone is 1. The second kappa shape index (κ2) is 18.9. The number of hydrogen-bond acceptors (Lipinski definition) is 0. The van der Waals surface area contributed by atoms with Crippen molar-refractivity contribution in [3.8, 4) is 0 Å². The Morgan fingerprint density at radius 2 is 0.667 bits per heavy atom. The van der Waals surface area contributed by atoms with Gasteiger partial charge in [0.1, 0.15) is 0 Å². The molecule has 57 heavy (non-hydrogen) atoms. The number of rotatable bonds is 9. The summed E-state index contributed by atoms with van der Waals surface area (Å²) in [5.41, 5.74) is 10.1. The summed E-state index contributed by atoms with van der Waals surface area (Å²) in [6.45, 7) is 0. The number of fused-ring (bicyclic) bond motifs is 1. The molecule has 9 rings (SSSR count). The second-order valence-corrected chi connectivity index (χ2v) is 35.9. The minimum Gasteiger partial charge on any atom is 2.00 e. The molecule has 6 heteroatoms. The van der Waals surface area contributed by atoms with Crippen LogP contribution in [-0.2, 0) is 43.9 Å². The van der Waals surface area contributed by atoms with Gasteiger partial charge < -0.3 is 0 Å². The van der Waals surface area contributed by atoms with Crippen LogP contribution in [-0.4, -0.2) is 34.0 Å². The van der Waals surface area contributed by atoms with Crippen LogP contribution in [0.2, 0.25) is 0 Å². The molecule has 0 amide bonds. The third-order valence-corrected chi connectivity index (χ3v) is 44.0. The van der Waals surface area contributed by atoms with Gasteiger partial charge in [0.2, 0.25) is 0 Å². The zero-order valence-corrected chi connectivity index (χ0v) is 42.1. The number of halogens is 2. The molecule has 0 N–H and O–H groups in total. The molecule has 0 nitrogen and oxygen atoms in total. The molecule has 0 atom stereocenters. The fourth-order valence-corrected chi connectivity index (χ4v) is 48.4. The van der Waals surface area contributed by atoms with Gasteiger partial charge >= 0.3 is 388 Å². The molecule has 0 bridgehead atoms. The van der Waals surface area contributed by atoms with Crippen LogP contribution in [0.25, 0.3) is 5.57 Å². The van der Waals surface area contributed by atoms with Crippen molar-refractivity contribution < 1.29 is 39.0 Å². The molecule has 0 aliphatic heterocycles. The van der Waals surface area contributed by atoms with Crippen molar-refractivity contribution in [3.05, 3.63) is 77.4 Å². The van der Waals surface area contributed by atoms with Crippen molar-refractivity contribution in [3.63, 3.8) is 0 Å². The first-order valence-electron chi connectivity index (χ1n) is 24.3. The maximum Gasteiger partial charge on any atom is 3.00 e. The molecule has 0 unspecified atom stereocenters. The normalized spacial score (nSPS) is 28.4. The zero-order chi connectivity index (χ0) is 37.5. The van der Waals surface area contributed by atoms with Crippen molar-refractivity contribution in [2.75, 3.05) is 0 Å². The van der Waals surface area contributed by atoms with Gasteiger partial charge in [0.25, 0.3) is 0 Å². The fourth-order valence-electron chi connectivity index (χ4n) is 16.6. The van der Waals surface area contributed by atoms with E-state index in [1.54, 1.807) is 11.1 Å². The van der Waals surface area contributed by atoms with E-state index in [0.717, 1.165) is 0 Å². The Morgan fingerprint density at radius 3 is 0.982 bits per heavy atom. The molecule has 2 aromatic carbocycles. The van der Waals surface area contributed by atoms with Gasteiger partial charge in [-0.05, 0) is 0 Å². The van der Waals surface area contributed by atoms with Crippen molar-refractivity contribution in [1.29, 1.82) is 0 Å². The van der Waals surface area contributed by atoms with Crippen LogP contribution in [0, 0.1) is 0 Å². The van der Waals surface area contributed by atoms with E-state index >= 15 is 0 Å². The van der Waals surface area contributed by atoms with Crippen LogP contribution in [0.15, 0.2) is 60.7 Å². The van der Waals surface area contributed by atoms with E-state index in [-0.39, 0.29) is 43.9 Å². The monoisotopic (exact) mass is 1020 g/mol. The molecule has 6 saturated carbocycles. The third-order valence-electron chi connectivity index (χ3n) is 18.4. The van der Waals surface area contributed by atoms with Crippen LogP contribution in [0.1, 0.15) is 209 Å². The quantitative estimate of drug-likeness (QED) is 0.173. The van der Waals surface area contributed by atoms with Gasteiger partial charge in [0.05, 0.1) is 0 Å². The van der Waals surface area contributed by atoms with Crippen LogP contribution >= 0.6 is 34.4 Å². The SMILES string of the molecule is ClP(C1CCCCC1)(C1CCCCC1)(C1CCCCC1)C1(P(Cl)(C2CCCCC2)(C2CCCCC2)C2CCCCC2)C=C(c2ccccc2)c2ccccc21.[Ru+2].[Ru+3]. The Bertz CT molecular complexity index is 1470. The maximum absolute atomic E-state index is 10.4. The van der Waals surface area contributed by atoms with Crippen LogP contribution in [0.5, 0.6) is 0 Å². The molecule has 2 aromatic rings. The van der Waals surface area contributed by atoms with Gasteiger partial charge in [-0.15, -0.1) is 0 Å². The summed E-state index contributed by atoms with van der Waals surface area (Å²) in [7, 11) is 0. The first kappa shape index (κ1) is 45.9. The van der Waals surface area contributed by atoms with Gasteiger partial charge in [-0.3, -0.25) is 0 Å². The summed E-state index contributed by atoms with van der Waals surface area (Å²) in [6, 6.07) is 22.0. The standard InChI is InChI=1S/C51H76Cl2P2.2Ru/c52-54(42-26-10-2-11-27-42,43-28-12-3-13-29-43,44-30-14-4-15-31-44)51(40-49(41-24-8-1-9-25-41)48-38-22-23-39-50(48)51)55(53,45-32-16-5-17-33-45,46-34-18-6-19-35-46)47-36-20-7-21-37-47;;/h1,8-9,22-25,38-40,42-47H,2-7,10-21,26-37H2;;/q;+2;+3. The molecule has 0 spiro atoms. The largest absolute Gasteiger partial charge is 3.00 e. The molecule has 7 aliphatic carbocycles. The van der Waals surface area contributed by atoms with Gasteiger partial charge in [0.15, 0.2) is 0 Å². The van der Waals surface area contributed by atoms with E-state index in [0.29, 0.717) is 34.0 Å². The minimum atomic E-state index is -3.45. The van der Waals surface area contributed by atoms with Gasteiger partial charge in [-0.25, -0.2) is 0 Å². The summed E-state index contributed by atoms with van der Waals surface area (Å²) >= 11 is 20.9. The van der Waals surface area contributed by atoms with E-state index in [1.165, 1.54) is 204 Å². The molecular formula is C51H76Cl2P2Ru2+5. The van der Waals surface area contributed by atoms with Gasteiger partial charge in [0, 0.05) is 0 Å². The molecule has 0 heterocycles. The first-order chi connectivity index (χ1) is 27.0. The summed E-state index contributed by atoms with van der Waals surface area (Å²) in [5, 5.41) is 0. The summed E-state index contributed by atoms with van der Waals surface area (Å²) in [4.78, 5) is -0.222. The predicted octanol–water partition coefficient (Wildman–Crippen LogP) is 17.7. The summed E-state index contributed by atoms with van der Waals surface area (Å²) in [6.07, 6.45) is 44.6. The van der Waals surface area contributed by atoms with Crippen LogP contribution < -0.4 is 0 Å². The first-order valence-corrected chi connectivity index (χ1v) is 31.0. The van der Waals surface area contributed by atoms with E-state index in [4.69, 9.17) is 0 Å². The van der Waals surface area contributed by atoms with E-state index < -0.39 is 11.9 Å². The summed E-state index contributed by atoms with van der Waals surface area (Å²) in [5.74, 6) is -6.89. The van der Waals surface area contributed by atoms with Crippen molar-refractivity contribution >= 4 is 40.0 Å². The molecular weight excluding hydrogens is 948 g/mol. The number of hydrogen-bond donors (Lipinski definition) is 0. The molecule has 1 radical (unpaired) electrons. The molecule has 0 aromatic heterocycles. The average molecular weight is 1020 g/mol. The fraction of sp³-hybridized carbons (Fsp3) is 0.725. The van der Waals surface area contributed by atoms with Crippen molar-refractivity contribution in [2.24, 2.45) is 0 Å². The topological polar surface area (TPSA) is 0 Å². The van der Waals surface area contributed by atoms with Crippen molar-refractivity contribution in [2.45, 2.75) is 231 Å². The zero-order valence-electron chi connectivity index (χ0n) is 35.3. The molecule has 315 valence electrons. The van der Waals surface area contributed by atoms with Gasteiger partial charge in [-0.1, -0.05) is 0 Å². The predicted molar refractivity (Wildman–Crippen MR) is 248 cm³/mol. The van der Waals surface area contributed by atoms with Gasteiger partial charge in [-0.2, -0.15) is 0 Å². The Labute approximate surface area is 384 Å². The minimum absolute atomic E-state index is 0. The number of benzene rings is 2. The maximum atomic E-state index is 10.4. The Hall–Kier alpha value is 0.867. The van der Waals surface area contributed by atoms with E-state index in [1.807, 2.05) is 0 Å². The van der Waals surface area contributed by atoms with E-state index in [9.17, 15) is 22.5 Å². The Kier molecular flexibility index (Phi) is 15.2. The van der Waals surface area contributed by atoms with Crippen LogP contribution in [0.3, 0.4) is 0 Å². The third kappa shape index (κ3) is 6.78. The molecule has 0 saturated heterocycles. The summed E-state index contributed by atoms with van der Waals surface area (Å²) < 4.78 is 0. The Morgan fingerprint density at radius 1 is 0.386 bits per heavy atom. The van der Waals surface area contributed by atoms with E-state index in [2.05, 4.69) is 60.7 Å². The smallest absolute Gasteiger partial charge is 2.00 e.